The van der Waals surface area contributed by atoms with E-state index in [0.29, 0.717) is 30.3 Å². The lowest BCUT2D eigenvalue weighted by atomic mass is 9.94. The molecule has 1 saturated heterocycles. The summed E-state index contributed by atoms with van der Waals surface area (Å²) in [7, 11) is 0. The molecule has 1 aromatic carbocycles. The molecule has 0 aliphatic carbocycles. The minimum absolute atomic E-state index is 0.0350. The average molecular weight is 366 g/mol. The monoisotopic (exact) mass is 366 g/mol. The summed E-state index contributed by atoms with van der Waals surface area (Å²) in [5.74, 6) is 0.0583. The number of aromatic nitrogens is 2. The van der Waals surface area contributed by atoms with E-state index in [4.69, 9.17) is 4.42 Å². The lowest BCUT2D eigenvalue weighted by molar-refractivity contribution is 0.0705. The minimum Gasteiger partial charge on any atom is -0.472 e. The summed E-state index contributed by atoms with van der Waals surface area (Å²) in [6, 6.07) is 9.92. The number of nitrogens with zero attached hydrogens (tertiary/aromatic N) is 3. The van der Waals surface area contributed by atoms with Gasteiger partial charge in [-0.05, 0) is 37.1 Å². The molecule has 1 amide bonds. The molecular formula is C20H19FN4O2. The van der Waals surface area contributed by atoms with Gasteiger partial charge < -0.3 is 14.6 Å². The maximum atomic E-state index is 13.8. The first kappa shape index (κ1) is 17.2. The highest BCUT2D eigenvalue weighted by Gasteiger charge is 2.27. The SMILES string of the molecule is O=C(c1ccoc1)N1CCCC(c2ccnc(Nc3ccccc3F)n2)C1. The molecular weight excluding hydrogens is 347 g/mol. The van der Waals surface area contributed by atoms with E-state index in [1.165, 1.54) is 18.6 Å². The second kappa shape index (κ2) is 7.57. The third-order valence-corrected chi connectivity index (χ3v) is 4.69. The van der Waals surface area contributed by atoms with Crippen molar-refractivity contribution in [3.8, 4) is 0 Å². The van der Waals surface area contributed by atoms with Crippen LogP contribution < -0.4 is 5.32 Å². The van der Waals surface area contributed by atoms with Crippen molar-refractivity contribution < 1.29 is 13.6 Å². The first-order valence-electron chi connectivity index (χ1n) is 8.86. The molecule has 1 unspecified atom stereocenters. The zero-order valence-electron chi connectivity index (χ0n) is 14.6. The van der Waals surface area contributed by atoms with Gasteiger partial charge in [0.1, 0.15) is 12.1 Å². The summed E-state index contributed by atoms with van der Waals surface area (Å²) in [5, 5.41) is 2.92. The lowest BCUT2D eigenvalue weighted by Crippen LogP contribution is -2.39. The summed E-state index contributed by atoms with van der Waals surface area (Å²) in [6.07, 6.45) is 6.45. The number of hydrogen-bond donors (Lipinski definition) is 1. The number of carbonyl (C=O) groups excluding carboxylic acids is 1. The van der Waals surface area contributed by atoms with Crippen molar-refractivity contribution in [3.63, 3.8) is 0 Å². The number of rotatable bonds is 4. The molecule has 0 bridgehead atoms. The maximum Gasteiger partial charge on any atom is 0.257 e. The Bertz CT molecular complexity index is 929. The van der Waals surface area contributed by atoms with Gasteiger partial charge in [0.25, 0.3) is 5.91 Å². The predicted octanol–water partition coefficient (Wildman–Crippen LogP) is 3.97. The fraction of sp³-hybridized carbons (Fsp3) is 0.250. The van der Waals surface area contributed by atoms with Crippen LogP contribution in [0.2, 0.25) is 0 Å². The summed E-state index contributed by atoms with van der Waals surface area (Å²) in [6.45, 7) is 1.30. The fourth-order valence-corrected chi connectivity index (χ4v) is 3.32. The van der Waals surface area contributed by atoms with Gasteiger partial charge in [-0.3, -0.25) is 4.79 Å². The van der Waals surface area contributed by atoms with Crippen molar-refractivity contribution in [3.05, 3.63) is 72.2 Å². The van der Waals surface area contributed by atoms with Gasteiger partial charge in [0.2, 0.25) is 5.95 Å². The summed E-state index contributed by atoms with van der Waals surface area (Å²) in [5.41, 5.74) is 1.73. The van der Waals surface area contributed by atoms with Crippen LogP contribution in [-0.4, -0.2) is 33.9 Å². The van der Waals surface area contributed by atoms with Crippen molar-refractivity contribution >= 4 is 17.5 Å². The number of halogens is 1. The number of para-hydroxylation sites is 1. The highest BCUT2D eigenvalue weighted by Crippen LogP contribution is 2.27. The molecule has 0 saturated carbocycles. The Morgan fingerprint density at radius 3 is 2.96 bits per heavy atom. The maximum absolute atomic E-state index is 13.8. The number of amides is 1. The van der Waals surface area contributed by atoms with E-state index >= 15 is 0 Å². The third kappa shape index (κ3) is 3.81. The number of piperidine rings is 1. The molecule has 4 rings (SSSR count). The number of likely N-dealkylation sites (tertiary alicyclic amines) is 1. The van der Waals surface area contributed by atoms with Crippen molar-refractivity contribution in [2.75, 3.05) is 18.4 Å². The molecule has 2 aromatic heterocycles. The standard InChI is InChI=1S/C20H19FN4O2/c21-16-5-1-2-6-18(16)24-20-22-9-7-17(23-20)14-4-3-10-25(12-14)19(26)15-8-11-27-13-15/h1-2,5-9,11,13-14H,3-4,10,12H2,(H,22,23,24). The van der Waals surface area contributed by atoms with E-state index in [2.05, 4.69) is 15.3 Å². The molecule has 0 spiro atoms. The van der Waals surface area contributed by atoms with Crippen LogP contribution in [0.15, 0.2) is 59.5 Å². The topological polar surface area (TPSA) is 71.3 Å². The van der Waals surface area contributed by atoms with Gasteiger partial charge in [0, 0.05) is 25.2 Å². The largest absolute Gasteiger partial charge is 0.472 e. The normalized spacial score (nSPS) is 16.9. The van der Waals surface area contributed by atoms with Crippen LogP contribution in [0.3, 0.4) is 0 Å². The average Bonchev–Trinajstić information content (AvgIpc) is 3.24. The Balaban J connectivity index is 1.50. The van der Waals surface area contributed by atoms with Gasteiger partial charge in [-0.15, -0.1) is 0 Å². The van der Waals surface area contributed by atoms with E-state index in [0.717, 1.165) is 18.5 Å². The Morgan fingerprint density at radius 2 is 2.15 bits per heavy atom. The molecule has 3 aromatic rings. The fourth-order valence-electron chi connectivity index (χ4n) is 3.32. The van der Waals surface area contributed by atoms with Crippen LogP contribution in [0.5, 0.6) is 0 Å². The van der Waals surface area contributed by atoms with Gasteiger partial charge in [-0.25, -0.2) is 14.4 Å². The summed E-state index contributed by atoms with van der Waals surface area (Å²) in [4.78, 5) is 23.1. The zero-order valence-corrected chi connectivity index (χ0v) is 14.6. The van der Waals surface area contributed by atoms with Crippen LogP contribution in [0.4, 0.5) is 16.0 Å². The second-order valence-corrected chi connectivity index (χ2v) is 6.51. The molecule has 27 heavy (non-hydrogen) atoms. The smallest absolute Gasteiger partial charge is 0.257 e. The Labute approximate surface area is 156 Å². The van der Waals surface area contributed by atoms with E-state index < -0.39 is 0 Å². The number of hydrogen-bond acceptors (Lipinski definition) is 5. The van der Waals surface area contributed by atoms with Crippen LogP contribution >= 0.6 is 0 Å². The van der Waals surface area contributed by atoms with Gasteiger partial charge in [-0.2, -0.15) is 0 Å². The molecule has 138 valence electrons. The Hall–Kier alpha value is -3.22. The number of furan rings is 1. The van der Waals surface area contributed by atoms with Gasteiger partial charge >= 0.3 is 0 Å². The third-order valence-electron chi connectivity index (χ3n) is 4.69. The molecule has 0 radical (unpaired) electrons. The Morgan fingerprint density at radius 1 is 1.26 bits per heavy atom. The molecule has 1 aliphatic rings. The van der Waals surface area contributed by atoms with E-state index in [1.807, 2.05) is 11.0 Å². The molecule has 7 heteroatoms. The van der Waals surface area contributed by atoms with Crippen molar-refractivity contribution in [1.29, 1.82) is 0 Å². The van der Waals surface area contributed by atoms with Crippen molar-refractivity contribution in [2.24, 2.45) is 0 Å². The number of carbonyl (C=O) groups is 1. The second-order valence-electron chi connectivity index (χ2n) is 6.51. The highest BCUT2D eigenvalue weighted by molar-refractivity contribution is 5.93. The molecule has 1 aliphatic heterocycles. The minimum atomic E-state index is -0.360. The van der Waals surface area contributed by atoms with Gasteiger partial charge in [-0.1, -0.05) is 12.1 Å². The van der Waals surface area contributed by atoms with Gasteiger partial charge in [0.15, 0.2) is 0 Å². The van der Waals surface area contributed by atoms with E-state index in [9.17, 15) is 9.18 Å². The lowest BCUT2D eigenvalue weighted by Gasteiger charge is -2.32. The number of nitrogens with one attached hydrogen (secondary N) is 1. The number of anilines is 2. The summed E-state index contributed by atoms with van der Waals surface area (Å²) >= 11 is 0. The summed E-state index contributed by atoms with van der Waals surface area (Å²) < 4.78 is 18.8. The van der Waals surface area contributed by atoms with Crippen molar-refractivity contribution in [2.45, 2.75) is 18.8 Å². The predicted molar refractivity (Wildman–Crippen MR) is 98.3 cm³/mol. The van der Waals surface area contributed by atoms with Crippen molar-refractivity contribution in [1.82, 2.24) is 14.9 Å². The quantitative estimate of drug-likeness (QED) is 0.756. The first-order chi connectivity index (χ1) is 13.2. The zero-order chi connectivity index (χ0) is 18.6. The van der Waals surface area contributed by atoms with Crippen LogP contribution in [0.25, 0.3) is 0 Å². The van der Waals surface area contributed by atoms with E-state index in [-0.39, 0.29) is 17.6 Å². The van der Waals surface area contributed by atoms with Crippen LogP contribution in [0, 0.1) is 5.82 Å². The molecule has 6 nitrogen and oxygen atoms in total. The highest BCUT2D eigenvalue weighted by atomic mass is 19.1. The molecule has 1 N–H and O–H groups in total. The van der Waals surface area contributed by atoms with Gasteiger partial charge in [0.05, 0.1) is 23.2 Å². The van der Waals surface area contributed by atoms with E-state index in [1.54, 1.807) is 30.5 Å². The molecule has 1 atom stereocenters. The number of benzene rings is 1. The molecule has 1 fully saturated rings. The molecule has 3 heterocycles. The van der Waals surface area contributed by atoms with Crippen LogP contribution in [0.1, 0.15) is 34.8 Å². The first-order valence-corrected chi connectivity index (χ1v) is 8.86. The Kier molecular flexibility index (Phi) is 4.82. The van der Waals surface area contributed by atoms with Crippen LogP contribution in [-0.2, 0) is 0 Å².